The zero-order valence-corrected chi connectivity index (χ0v) is 11.5. The van der Waals surface area contributed by atoms with Crippen molar-refractivity contribution in [3.05, 3.63) is 28.3 Å². The van der Waals surface area contributed by atoms with E-state index in [0.29, 0.717) is 4.31 Å². The van der Waals surface area contributed by atoms with Crippen molar-refractivity contribution in [1.29, 1.82) is 0 Å². The Morgan fingerprint density at radius 2 is 2.05 bits per heavy atom. The van der Waals surface area contributed by atoms with E-state index in [2.05, 4.69) is 5.32 Å². The Labute approximate surface area is 114 Å². The fourth-order valence-electron chi connectivity index (χ4n) is 1.51. The molecule has 0 aliphatic carbocycles. The number of nitrogens with zero attached hydrogens (tertiary/aromatic N) is 2. The van der Waals surface area contributed by atoms with Crippen LogP contribution in [-0.2, 0) is 10.0 Å². The standard InChI is InChI=1S/C10H13F2N3O4S/c1-13-8-4-3-7(5-9(8)15(16)17)20(18,19)14(2)6-10(11)12/h3-5,10,13H,6H2,1-2H3. The molecule has 0 aliphatic rings. The van der Waals surface area contributed by atoms with E-state index in [1.54, 1.807) is 0 Å². The molecular weight excluding hydrogens is 296 g/mol. The maximum atomic E-state index is 12.2. The summed E-state index contributed by atoms with van der Waals surface area (Å²) in [6.45, 7) is -0.982. The molecule has 10 heteroatoms. The molecule has 0 aromatic heterocycles. The minimum Gasteiger partial charge on any atom is -0.383 e. The molecule has 0 bridgehead atoms. The van der Waals surface area contributed by atoms with Crippen molar-refractivity contribution in [1.82, 2.24) is 4.31 Å². The molecule has 0 heterocycles. The maximum Gasteiger partial charge on any atom is 0.293 e. The van der Waals surface area contributed by atoms with Crippen molar-refractivity contribution >= 4 is 21.4 Å². The fourth-order valence-corrected chi connectivity index (χ4v) is 2.68. The number of halogens is 2. The molecule has 0 aliphatic heterocycles. The number of rotatable bonds is 6. The number of nitrogens with one attached hydrogen (secondary N) is 1. The molecule has 0 saturated heterocycles. The van der Waals surface area contributed by atoms with Crippen LogP contribution in [0.15, 0.2) is 23.1 Å². The monoisotopic (exact) mass is 309 g/mol. The highest BCUT2D eigenvalue weighted by molar-refractivity contribution is 7.89. The second-order valence-electron chi connectivity index (χ2n) is 3.86. The summed E-state index contributed by atoms with van der Waals surface area (Å²) in [6, 6.07) is 3.17. The van der Waals surface area contributed by atoms with Gasteiger partial charge in [-0.3, -0.25) is 10.1 Å². The third-order valence-electron chi connectivity index (χ3n) is 2.54. The van der Waals surface area contributed by atoms with Gasteiger partial charge in [0.25, 0.3) is 12.1 Å². The quantitative estimate of drug-likeness (QED) is 0.635. The average molecular weight is 309 g/mol. The van der Waals surface area contributed by atoms with E-state index < -0.39 is 38.5 Å². The second kappa shape index (κ2) is 6.09. The number of hydrogen-bond acceptors (Lipinski definition) is 5. The topological polar surface area (TPSA) is 92.6 Å². The summed E-state index contributed by atoms with van der Waals surface area (Å²) in [5.41, 5.74) is -0.315. The molecule has 0 radical (unpaired) electrons. The highest BCUT2D eigenvalue weighted by atomic mass is 32.2. The van der Waals surface area contributed by atoms with Gasteiger partial charge in [-0.1, -0.05) is 0 Å². The summed E-state index contributed by atoms with van der Waals surface area (Å²) in [5.74, 6) is 0. The third-order valence-corrected chi connectivity index (χ3v) is 4.36. The predicted molar refractivity (Wildman–Crippen MR) is 68.5 cm³/mol. The van der Waals surface area contributed by atoms with Crippen molar-refractivity contribution in [2.45, 2.75) is 11.3 Å². The van der Waals surface area contributed by atoms with Gasteiger partial charge in [0.1, 0.15) is 5.69 Å². The Hall–Kier alpha value is -1.81. The molecule has 1 aromatic carbocycles. The molecule has 1 aromatic rings. The first-order chi connectivity index (χ1) is 9.20. The summed E-state index contributed by atoms with van der Waals surface area (Å²) in [6.07, 6.45) is -2.83. The third kappa shape index (κ3) is 3.39. The number of sulfonamides is 1. The number of benzene rings is 1. The molecule has 0 saturated carbocycles. The maximum absolute atomic E-state index is 12.2. The fraction of sp³-hybridized carbons (Fsp3) is 0.400. The van der Waals surface area contributed by atoms with Gasteiger partial charge < -0.3 is 5.32 Å². The first kappa shape index (κ1) is 16.2. The van der Waals surface area contributed by atoms with Gasteiger partial charge in [0.15, 0.2) is 0 Å². The van der Waals surface area contributed by atoms with Crippen molar-refractivity contribution in [2.24, 2.45) is 0 Å². The van der Waals surface area contributed by atoms with Crippen LogP contribution in [0, 0.1) is 10.1 Å². The van der Waals surface area contributed by atoms with Crippen molar-refractivity contribution in [3.8, 4) is 0 Å². The molecule has 1 rings (SSSR count). The first-order valence-corrected chi connectivity index (χ1v) is 6.85. The first-order valence-electron chi connectivity index (χ1n) is 5.40. The van der Waals surface area contributed by atoms with Gasteiger partial charge in [0.05, 0.1) is 16.4 Å². The van der Waals surface area contributed by atoms with Gasteiger partial charge in [0, 0.05) is 20.2 Å². The molecule has 0 fully saturated rings. The Balaban J connectivity index is 3.26. The lowest BCUT2D eigenvalue weighted by atomic mass is 10.3. The van der Waals surface area contributed by atoms with E-state index in [0.717, 1.165) is 19.2 Å². The van der Waals surface area contributed by atoms with E-state index in [1.165, 1.54) is 13.1 Å². The van der Waals surface area contributed by atoms with Crippen LogP contribution in [0.25, 0.3) is 0 Å². The van der Waals surface area contributed by atoms with Gasteiger partial charge in [-0.15, -0.1) is 0 Å². The molecule has 0 amide bonds. The number of hydrogen-bond donors (Lipinski definition) is 1. The molecule has 20 heavy (non-hydrogen) atoms. The summed E-state index contributed by atoms with van der Waals surface area (Å²) in [5, 5.41) is 13.4. The summed E-state index contributed by atoms with van der Waals surface area (Å²) >= 11 is 0. The van der Waals surface area contributed by atoms with Crippen LogP contribution in [-0.4, -0.2) is 44.7 Å². The molecular formula is C10H13F2N3O4S. The van der Waals surface area contributed by atoms with Crippen LogP contribution in [0.4, 0.5) is 20.2 Å². The zero-order valence-electron chi connectivity index (χ0n) is 10.7. The number of alkyl halides is 2. The van der Waals surface area contributed by atoms with Gasteiger partial charge in [0.2, 0.25) is 10.0 Å². The highest BCUT2D eigenvalue weighted by Gasteiger charge is 2.26. The molecule has 0 unspecified atom stereocenters. The summed E-state index contributed by atoms with van der Waals surface area (Å²) in [4.78, 5) is 9.68. The molecule has 1 N–H and O–H groups in total. The lowest BCUT2D eigenvalue weighted by Crippen LogP contribution is -2.31. The number of anilines is 1. The van der Waals surface area contributed by atoms with Crippen LogP contribution in [0.1, 0.15) is 0 Å². The van der Waals surface area contributed by atoms with Gasteiger partial charge in [-0.25, -0.2) is 17.2 Å². The van der Waals surface area contributed by atoms with Gasteiger partial charge >= 0.3 is 0 Å². The number of nitro groups is 1. The summed E-state index contributed by atoms with van der Waals surface area (Å²) < 4.78 is 48.9. The van der Waals surface area contributed by atoms with E-state index in [9.17, 15) is 27.3 Å². The second-order valence-corrected chi connectivity index (χ2v) is 5.91. The van der Waals surface area contributed by atoms with Crippen LogP contribution in [0.3, 0.4) is 0 Å². The average Bonchev–Trinajstić information content (AvgIpc) is 2.36. The minimum atomic E-state index is -4.19. The Bertz CT molecular complexity index is 607. The minimum absolute atomic E-state index is 0.130. The van der Waals surface area contributed by atoms with E-state index in [-0.39, 0.29) is 5.69 Å². The normalized spacial score (nSPS) is 11.9. The van der Waals surface area contributed by atoms with Crippen LogP contribution >= 0.6 is 0 Å². The molecule has 112 valence electrons. The smallest absolute Gasteiger partial charge is 0.293 e. The SMILES string of the molecule is CNc1ccc(S(=O)(=O)N(C)CC(F)F)cc1[N+](=O)[O-]. The Kier molecular flexibility index (Phi) is 4.95. The lowest BCUT2D eigenvalue weighted by Gasteiger charge is -2.16. The number of nitro benzene ring substituents is 1. The van der Waals surface area contributed by atoms with E-state index >= 15 is 0 Å². The molecule has 0 spiro atoms. The van der Waals surface area contributed by atoms with Gasteiger partial charge in [-0.2, -0.15) is 4.31 Å². The van der Waals surface area contributed by atoms with Crippen LogP contribution < -0.4 is 5.32 Å². The van der Waals surface area contributed by atoms with Crippen LogP contribution in [0.2, 0.25) is 0 Å². The largest absolute Gasteiger partial charge is 0.383 e. The van der Waals surface area contributed by atoms with Crippen molar-refractivity contribution in [3.63, 3.8) is 0 Å². The summed E-state index contributed by atoms with van der Waals surface area (Å²) in [7, 11) is -1.76. The van der Waals surface area contributed by atoms with Gasteiger partial charge in [-0.05, 0) is 12.1 Å². The highest BCUT2D eigenvalue weighted by Crippen LogP contribution is 2.28. The lowest BCUT2D eigenvalue weighted by molar-refractivity contribution is -0.384. The van der Waals surface area contributed by atoms with Crippen molar-refractivity contribution < 1.29 is 22.1 Å². The van der Waals surface area contributed by atoms with Crippen LogP contribution in [0.5, 0.6) is 0 Å². The Morgan fingerprint density at radius 1 is 1.45 bits per heavy atom. The molecule has 0 atom stereocenters. The van der Waals surface area contributed by atoms with Crippen molar-refractivity contribution in [2.75, 3.05) is 26.0 Å². The zero-order chi connectivity index (χ0) is 15.5. The van der Waals surface area contributed by atoms with E-state index in [1.807, 2.05) is 0 Å². The predicted octanol–water partition coefficient (Wildman–Crippen LogP) is 1.52. The molecule has 7 nitrogen and oxygen atoms in total. The Morgan fingerprint density at radius 3 is 2.50 bits per heavy atom. The van der Waals surface area contributed by atoms with E-state index in [4.69, 9.17) is 0 Å².